The largest absolute Gasteiger partial charge is 0.545 e. The summed E-state index contributed by atoms with van der Waals surface area (Å²) in [7, 11) is 5.92. The van der Waals surface area contributed by atoms with Crippen LogP contribution in [0.3, 0.4) is 0 Å². The van der Waals surface area contributed by atoms with E-state index in [-0.39, 0.29) is 38.6 Å². The van der Waals surface area contributed by atoms with Crippen LogP contribution in [0.4, 0.5) is 0 Å². The van der Waals surface area contributed by atoms with Gasteiger partial charge in [0.1, 0.15) is 13.2 Å². The van der Waals surface area contributed by atoms with Crippen LogP contribution >= 0.6 is 0 Å². The zero-order valence-electron chi connectivity index (χ0n) is 66.4. The lowest BCUT2D eigenvalue weighted by molar-refractivity contribution is -0.870. The number of quaternary nitrogens is 1. The smallest absolute Gasteiger partial charge is 0.306 e. The SMILES string of the molecule is CC/C=C\C/C=C\C/C=C\C/C=C\C/C=C\C/C=C\C/C=C\C/C=C\C/C=C\C/C=C\CCCCCCCCC(=O)OC(COC(=O)CCCCCCCCCCCCCCCCCCCCC/C=C\C/C=C\C/C=C\C/C=C\C/C=C\C/C=C\C/C=C\CC)COC(OCC[N+](C)(C)C)C(=O)[O-]. The number of carboxylic acids is 1. The van der Waals surface area contributed by atoms with E-state index in [4.69, 9.17) is 18.9 Å². The fourth-order valence-electron chi connectivity index (χ4n) is 10.8. The Morgan fingerprint density at radius 3 is 0.777 bits per heavy atom. The van der Waals surface area contributed by atoms with Crippen molar-refractivity contribution in [3.8, 4) is 0 Å². The number of rotatable bonds is 74. The van der Waals surface area contributed by atoms with Crippen molar-refractivity contribution in [1.29, 1.82) is 0 Å². The number of allylic oxidation sites excluding steroid dienone is 34. The van der Waals surface area contributed by atoms with Crippen LogP contribution in [0, 0.1) is 0 Å². The molecule has 0 fully saturated rings. The van der Waals surface area contributed by atoms with Crippen molar-refractivity contribution in [2.24, 2.45) is 0 Å². The first-order chi connectivity index (χ1) is 50.6. The molecule has 580 valence electrons. The Morgan fingerprint density at radius 2 is 0.524 bits per heavy atom. The molecule has 2 unspecified atom stereocenters. The number of hydrogen-bond donors (Lipinski definition) is 0. The summed E-state index contributed by atoms with van der Waals surface area (Å²) in [6.07, 6.45) is 124. The molecule has 0 aromatic heterocycles. The van der Waals surface area contributed by atoms with E-state index in [0.29, 0.717) is 17.4 Å². The molecular weight excluding hydrogens is 1270 g/mol. The maximum absolute atomic E-state index is 13.0. The number of ether oxygens (including phenoxy) is 4. The Bertz CT molecular complexity index is 2460. The number of likely N-dealkylation sites (N-methyl/N-ethyl adjacent to an activating group) is 1. The van der Waals surface area contributed by atoms with Gasteiger partial charge in [0.25, 0.3) is 0 Å². The molecule has 0 aromatic rings. The van der Waals surface area contributed by atoms with Crippen molar-refractivity contribution < 1.29 is 42.9 Å². The molecule has 0 bridgehead atoms. The highest BCUT2D eigenvalue weighted by molar-refractivity contribution is 5.70. The van der Waals surface area contributed by atoms with E-state index in [1.807, 2.05) is 21.1 Å². The second-order valence-electron chi connectivity index (χ2n) is 27.9. The summed E-state index contributed by atoms with van der Waals surface area (Å²) in [6, 6.07) is 0. The topological polar surface area (TPSA) is 111 Å². The second-order valence-corrected chi connectivity index (χ2v) is 27.9. The number of nitrogens with zero attached hydrogens (tertiary/aromatic N) is 1. The molecule has 0 rings (SSSR count). The maximum Gasteiger partial charge on any atom is 0.306 e. The Hall–Kier alpha value is -6.13. The Morgan fingerprint density at radius 1 is 0.291 bits per heavy atom. The average Bonchev–Trinajstić information content (AvgIpc) is 1.16. The van der Waals surface area contributed by atoms with Crippen molar-refractivity contribution >= 4 is 17.9 Å². The van der Waals surface area contributed by atoms with Gasteiger partial charge in [-0.2, -0.15) is 0 Å². The van der Waals surface area contributed by atoms with Crippen molar-refractivity contribution in [3.63, 3.8) is 0 Å². The van der Waals surface area contributed by atoms with Gasteiger partial charge in [0.2, 0.25) is 0 Å². The summed E-state index contributed by atoms with van der Waals surface area (Å²) in [5.41, 5.74) is 0. The van der Waals surface area contributed by atoms with E-state index in [1.165, 1.54) is 109 Å². The van der Waals surface area contributed by atoms with E-state index in [2.05, 4.69) is 220 Å². The molecule has 0 aromatic carbocycles. The normalized spacial score (nSPS) is 13.8. The van der Waals surface area contributed by atoms with Gasteiger partial charge in [-0.1, -0.05) is 355 Å². The van der Waals surface area contributed by atoms with Gasteiger partial charge in [-0.05, 0) is 148 Å². The van der Waals surface area contributed by atoms with Gasteiger partial charge in [0, 0.05) is 12.8 Å². The summed E-state index contributed by atoms with van der Waals surface area (Å²) < 4.78 is 22.8. The van der Waals surface area contributed by atoms with E-state index in [1.54, 1.807) is 0 Å². The van der Waals surface area contributed by atoms with Gasteiger partial charge in [0.05, 0.1) is 40.3 Å². The summed E-state index contributed by atoms with van der Waals surface area (Å²) in [5.74, 6) is -2.31. The summed E-state index contributed by atoms with van der Waals surface area (Å²) in [4.78, 5) is 37.6. The van der Waals surface area contributed by atoms with Crippen LogP contribution in [0.5, 0.6) is 0 Å². The summed E-state index contributed by atoms with van der Waals surface area (Å²) in [6.45, 7) is 4.50. The highest BCUT2D eigenvalue weighted by Crippen LogP contribution is 2.17. The number of unbranched alkanes of at least 4 members (excludes halogenated alkanes) is 25. The number of carboxylic acid groups (broad SMARTS) is 1. The molecule has 0 saturated carbocycles. The van der Waals surface area contributed by atoms with E-state index < -0.39 is 24.3 Å². The second kappa shape index (κ2) is 81.5. The van der Waals surface area contributed by atoms with Crippen molar-refractivity contribution in [3.05, 3.63) is 207 Å². The van der Waals surface area contributed by atoms with Crippen LogP contribution in [0.25, 0.3) is 0 Å². The Labute approximate surface area is 633 Å². The molecule has 0 aliphatic carbocycles. The number of carbonyl (C=O) groups excluding carboxylic acids is 3. The van der Waals surface area contributed by atoms with Gasteiger partial charge in [-0.3, -0.25) is 9.59 Å². The molecule has 0 aliphatic rings. The first-order valence-corrected chi connectivity index (χ1v) is 41.2. The third-order valence-electron chi connectivity index (χ3n) is 17.0. The Kier molecular flexibility index (Phi) is 76.7. The predicted molar refractivity (Wildman–Crippen MR) is 444 cm³/mol. The molecule has 9 nitrogen and oxygen atoms in total. The minimum absolute atomic E-state index is 0.136. The van der Waals surface area contributed by atoms with Crippen LogP contribution in [0.15, 0.2) is 207 Å². The molecule has 0 heterocycles. The molecule has 0 spiro atoms. The first kappa shape index (κ1) is 96.9. The zero-order chi connectivity index (χ0) is 74.6. The van der Waals surface area contributed by atoms with E-state index in [0.717, 1.165) is 167 Å². The maximum atomic E-state index is 13.0. The van der Waals surface area contributed by atoms with E-state index in [9.17, 15) is 19.5 Å². The van der Waals surface area contributed by atoms with Crippen LogP contribution in [0.1, 0.15) is 309 Å². The van der Waals surface area contributed by atoms with Gasteiger partial charge < -0.3 is 33.3 Å². The van der Waals surface area contributed by atoms with Crippen molar-refractivity contribution in [1.82, 2.24) is 0 Å². The molecule has 0 aliphatic heterocycles. The molecule has 103 heavy (non-hydrogen) atoms. The van der Waals surface area contributed by atoms with E-state index >= 15 is 0 Å². The fraction of sp³-hybridized carbons (Fsp3) is 0.606. The monoisotopic (exact) mass is 1420 g/mol. The lowest BCUT2D eigenvalue weighted by Gasteiger charge is -2.26. The molecule has 0 saturated heterocycles. The van der Waals surface area contributed by atoms with Gasteiger partial charge >= 0.3 is 11.9 Å². The van der Waals surface area contributed by atoms with Gasteiger partial charge in [-0.25, -0.2) is 0 Å². The van der Waals surface area contributed by atoms with Crippen molar-refractivity contribution in [2.75, 3.05) is 47.5 Å². The Balaban J connectivity index is 4.10. The number of esters is 2. The highest BCUT2D eigenvalue weighted by Gasteiger charge is 2.22. The third-order valence-corrected chi connectivity index (χ3v) is 17.0. The molecule has 0 radical (unpaired) electrons. The number of aliphatic carboxylic acids is 1. The van der Waals surface area contributed by atoms with Crippen molar-refractivity contribution in [2.45, 2.75) is 322 Å². The van der Waals surface area contributed by atoms with Crippen LogP contribution in [0.2, 0.25) is 0 Å². The molecule has 9 heteroatoms. The van der Waals surface area contributed by atoms with Gasteiger partial charge in [0.15, 0.2) is 12.4 Å². The lowest BCUT2D eigenvalue weighted by atomic mass is 10.0. The molecule has 0 amide bonds. The fourth-order valence-corrected chi connectivity index (χ4v) is 10.8. The zero-order valence-corrected chi connectivity index (χ0v) is 66.4. The quantitative estimate of drug-likeness (QED) is 0.0195. The number of hydrogen-bond acceptors (Lipinski definition) is 8. The average molecular weight is 1420 g/mol. The minimum Gasteiger partial charge on any atom is -0.545 e. The first-order valence-electron chi connectivity index (χ1n) is 41.2. The highest BCUT2D eigenvalue weighted by atomic mass is 16.7. The standard InChI is InChI=1S/C94H151NO8/c1-6-8-10-12-14-16-18-20-22-24-26-28-30-32-34-36-38-40-42-44-45-46-47-49-50-52-54-56-58-60-62-64-66-68-70-72-74-76-78-80-82-84-91(96)101-88-90(89-102-94(93(98)99)100-87-86-95(3,4)5)103-92(97)85-83-81-79-77-75-73-71-69-67-65-63-61-59-57-55-53-51-48-43-41-39-37-35-33-31-29-27-25-23-21-19-17-15-13-11-9-7-2/h8-11,14-17,20-23,26-29,32-35,38-41,44-45,48,51,55,57,61,63,67,69,90,94H,6-7,12-13,18-19,24-25,30-31,36-37,42-43,46-47,49-50,52-54,56,58-60,62,64-66,68,70-89H2,1-5H3/b10-8-,11-9-,16-14-,17-15-,22-20-,23-21-,28-26-,29-27-,34-32-,35-33-,40-38-,41-39-,45-44-,51-48-,57-55-,63-61-,69-67-. The predicted octanol–water partition coefficient (Wildman–Crippen LogP) is 25.7. The molecular formula is C94H151NO8. The minimum atomic E-state index is -1.64. The van der Waals surface area contributed by atoms with Crippen LogP contribution < -0.4 is 5.11 Å². The molecule has 0 N–H and O–H groups in total. The summed E-state index contributed by atoms with van der Waals surface area (Å²) in [5, 5.41) is 11.9. The van der Waals surface area contributed by atoms with Crippen LogP contribution in [-0.4, -0.2) is 82.3 Å². The molecule has 2 atom stereocenters. The number of carbonyl (C=O) groups is 3. The van der Waals surface area contributed by atoms with Crippen LogP contribution in [-0.2, 0) is 33.3 Å². The lowest BCUT2D eigenvalue weighted by Crippen LogP contribution is -2.44. The van der Waals surface area contributed by atoms with Gasteiger partial charge in [-0.15, -0.1) is 0 Å². The summed E-state index contributed by atoms with van der Waals surface area (Å²) >= 11 is 0. The third kappa shape index (κ3) is 83.0.